The van der Waals surface area contributed by atoms with Crippen LogP contribution >= 0.6 is 0 Å². The minimum absolute atomic E-state index is 0.0980. The minimum atomic E-state index is -1.55. The predicted molar refractivity (Wildman–Crippen MR) is 64.2 cm³/mol. The Bertz CT molecular complexity index is 656. The zero-order chi connectivity index (χ0) is 14.7. The molecular formula is C12H9F2N3O3. The Morgan fingerprint density at radius 1 is 1.30 bits per heavy atom. The Balaban J connectivity index is 2.18. The second-order valence-corrected chi connectivity index (χ2v) is 3.92. The van der Waals surface area contributed by atoms with Gasteiger partial charge in [0.1, 0.15) is 11.6 Å². The molecule has 0 bridgehead atoms. The number of aromatic carboxylic acids is 1. The van der Waals surface area contributed by atoms with Gasteiger partial charge in [-0.15, -0.1) is 0 Å². The number of H-pyrrole nitrogens is 1. The van der Waals surface area contributed by atoms with Crippen molar-refractivity contribution in [3.63, 3.8) is 0 Å². The standard InChI is InChI=1S/C12H9F2N3O3/c13-8-5-9(14)10(4-7(8)12(19)20)16-11(18)3-6-1-2-15-17-6/h1-2,4-5H,3H2,(H,15,17)(H,16,18)(H,19,20). The van der Waals surface area contributed by atoms with E-state index in [2.05, 4.69) is 15.5 Å². The minimum Gasteiger partial charge on any atom is -0.478 e. The molecule has 1 heterocycles. The zero-order valence-electron chi connectivity index (χ0n) is 9.98. The number of hydrogen-bond donors (Lipinski definition) is 3. The molecule has 104 valence electrons. The van der Waals surface area contributed by atoms with Gasteiger partial charge in [0.15, 0.2) is 0 Å². The number of hydrogen-bond acceptors (Lipinski definition) is 3. The monoisotopic (exact) mass is 281 g/mol. The molecule has 2 rings (SSSR count). The Morgan fingerprint density at radius 2 is 2.05 bits per heavy atom. The maximum Gasteiger partial charge on any atom is 0.338 e. The number of aromatic nitrogens is 2. The molecule has 0 saturated carbocycles. The second-order valence-electron chi connectivity index (χ2n) is 3.92. The molecule has 0 aliphatic heterocycles. The molecule has 8 heteroatoms. The molecule has 0 spiro atoms. The van der Waals surface area contributed by atoms with E-state index in [1.54, 1.807) is 6.07 Å². The first-order valence-corrected chi connectivity index (χ1v) is 5.48. The molecular weight excluding hydrogens is 272 g/mol. The van der Waals surface area contributed by atoms with Gasteiger partial charge in [0, 0.05) is 18.0 Å². The van der Waals surface area contributed by atoms with E-state index >= 15 is 0 Å². The van der Waals surface area contributed by atoms with E-state index in [4.69, 9.17) is 5.11 Å². The van der Waals surface area contributed by atoms with Gasteiger partial charge in [-0.05, 0) is 12.1 Å². The van der Waals surface area contributed by atoms with Gasteiger partial charge in [0.05, 0.1) is 17.7 Å². The van der Waals surface area contributed by atoms with Gasteiger partial charge in [-0.1, -0.05) is 0 Å². The predicted octanol–water partition coefficient (Wildman–Crippen LogP) is 1.57. The number of rotatable bonds is 4. The number of anilines is 1. The smallest absolute Gasteiger partial charge is 0.338 e. The van der Waals surface area contributed by atoms with Crippen LogP contribution < -0.4 is 5.32 Å². The highest BCUT2D eigenvalue weighted by atomic mass is 19.1. The van der Waals surface area contributed by atoms with E-state index in [1.165, 1.54) is 6.20 Å². The third kappa shape index (κ3) is 2.97. The maximum absolute atomic E-state index is 13.5. The normalized spacial score (nSPS) is 10.3. The summed E-state index contributed by atoms with van der Waals surface area (Å²) in [6.45, 7) is 0. The number of nitrogens with one attached hydrogen (secondary N) is 2. The molecule has 1 aromatic heterocycles. The third-order valence-electron chi connectivity index (χ3n) is 2.47. The Labute approximate surface area is 111 Å². The molecule has 0 aliphatic rings. The van der Waals surface area contributed by atoms with E-state index in [1.807, 2.05) is 0 Å². The average molecular weight is 281 g/mol. The van der Waals surface area contributed by atoms with E-state index in [-0.39, 0.29) is 6.42 Å². The zero-order valence-corrected chi connectivity index (χ0v) is 9.98. The van der Waals surface area contributed by atoms with Crippen LogP contribution in [-0.2, 0) is 11.2 Å². The summed E-state index contributed by atoms with van der Waals surface area (Å²) < 4.78 is 26.6. The van der Waals surface area contributed by atoms with Crippen molar-refractivity contribution in [1.29, 1.82) is 0 Å². The van der Waals surface area contributed by atoms with Crippen LogP contribution in [0.2, 0.25) is 0 Å². The SMILES string of the molecule is O=C(Cc1ccn[nH]1)Nc1cc(C(=O)O)c(F)cc1F. The number of nitrogens with zero attached hydrogens (tertiary/aromatic N) is 1. The first kappa shape index (κ1) is 13.7. The number of carboxylic acids is 1. The van der Waals surface area contributed by atoms with E-state index in [9.17, 15) is 18.4 Å². The van der Waals surface area contributed by atoms with Crippen molar-refractivity contribution in [1.82, 2.24) is 10.2 Å². The Morgan fingerprint density at radius 3 is 2.65 bits per heavy atom. The topological polar surface area (TPSA) is 95.1 Å². The quantitative estimate of drug-likeness (QED) is 0.792. The summed E-state index contributed by atoms with van der Waals surface area (Å²) in [6.07, 6.45) is 1.35. The van der Waals surface area contributed by atoms with Gasteiger partial charge < -0.3 is 10.4 Å². The fraction of sp³-hybridized carbons (Fsp3) is 0.0833. The van der Waals surface area contributed by atoms with Crippen LogP contribution in [-0.4, -0.2) is 27.2 Å². The summed E-state index contributed by atoms with van der Waals surface area (Å²) in [5.41, 5.74) is -0.611. The first-order valence-electron chi connectivity index (χ1n) is 5.48. The van der Waals surface area contributed by atoms with Crippen molar-refractivity contribution >= 4 is 17.6 Å². The lowest BCUT2D eigenvalue weighted by Crippen LogP contribution is -2.16. The molecule has 0 aliphatic carbocycles. The highest BCUT2D eigenvalue weighted by Crippen LogP contribution is 2.19. The number of carbonyl (C=O) groups is 2. The molecule has 3 N–H and O–H groups in total. The van der Waals surface area contributed by atoms with Crippen LogP contribution in [0.1, 0.15) is 16.1 Å². The molecule has 0 unspecified atom stereocenters. The van der Waals surface area contributed by atoms with Crippen LogP contribution in [0.4, 0.5) is 14.5 Å². The van der Waals surface area contributed by atoms with E-state index < -0.39 is 34.8 Å². The lowest BCUT2D eigenvalue weighted by Gasteiger charge is -2.07. The van der Waals surface area contributed by atoms with Crippen molar-refractivity contribution in [2.24, 2.45) is 0 Å². The van der Waals surface area contributed by atoms with Crippen molar-refractivity contribution in [2.75, 3.05) is 5.32 Å². The van der Waals surface area contributed by atoms with Gasteiger partial charge in [0.2, 0.25) is 5.91 Å². The maximum atomic E-state index is 13.5. The number of aromatic amines is 1. The summed E-state index contributed by atoms with van der Waals surface area (Å²) >= 11 is 0. The molecule has 0 atom stereocenters. The lowest BCUT2D eigenvalue weighted by atomic mass is 10.1. The molecule has 1 amide bonds. The fourth-order valence-corrected chi connectivity index (χ4v) is 1.56. The van der Waals surface area contributed by atoms with Gasteiger partial charge >= 0.3 is 5.97 Å². The highest BCUT2D eigenvalue weighted by Gasteiger charge is 2.16. The summed E-state index contributed by atoms with van der Waals surface area (Å²) in [5.74, 6) is -4.39. The van der Waals surface area contributed by atoms with Crippen molar-refractivity contribution in [3.05, 3.63) is 47.3 Å². The number of carboxylic acid groups (broad SMARTS) is 1. The van der Waals surface area contributed by atoms with Gasteiger partial charge in [-0.3, -0.25) is 9.89 Å². The van der Waals surface area contributed by atoms with Crippen molar-refractivity contribution in [3.8, 4) is 0 Å². The molecule has 20 heavy (non-hydrogen) atoms. The fourth-order valence-electron chi connectivity index (χ4n) is 1.56. The van der Waals surface area contributed by atoms with Crippen LogP contribution in [0, 0.1) is 11.6 Å². The number of benzene rings is 1. The number of halogens is 2. The molecule has 2 aromatic rings. The van der Waals surface area contributed by atoms with Crippen LogP contribution in [0.25, 0.3) is 0 Å². The van der Waals surface area contributed by atoms with Gasteiger partial charge in [-0.25, -0.2) is 13.6 Å². The van der Waals surface area contributed by atoms with E-state index in [0.717, 1.165) is 6.07 Å². The number of amides is 1. The second kappa shape index (κ2) is 5.47. The molecule has 6 nitrogen and oxygen atoms in total. The molecule has 0 radical (unpaired) electrons. The van der Waals surface area contributed by atoms with Gasteiger partial charge in [-0.2, -0.15) is 5.10 Å². The summed E-state index contributed by atoms with van der Waals surface area (Å²) in [4.78, 5) is 22.4. The summed E-state index contributed by atoms with van der Waals surface area (Å²) in [7, 11) is 0. The third-order valence-corrected chi connectivity index (χ3v) is 2.47. The summed E-state index contributed by atoms with van der Waals surface area (Å²) in [6, 6.07) is 2.70. The van der Waals surface area contributed by atoms with E-state index in [0.29, 0.717) is 11.8 Å². The largest absolute Gasteiger partial charge is 0.478 e. The number of carbonyl (C=O) groups excluding carboxylic acids is 1. The van der Waals surface area contributed by atoms with Crippen LogP contribution in [0.15, 0.2) is 24.4 Å². The average Bonchev–Trinajstić information content (AvgIpc) is 2.84. The van der Waals surface area contributed by atoms with Crippen molar-refractivity contribution in [2.45, 2.75) is 6.42 Å². The van der Waals surface area contributed by atoms with Crippen LogP contribution in [0.3, 0.4) is 0 Å². The van der Waals surface area contributed by atoms with Crippen LogP contribution in [0.5, 0.6) is 0 Å². The molecule has 1 aromatic carbocycles. The lowest BCUT2D eigenvalue weighted by molar-refractivity contribution is -0.115. The molecule has 0 fully saturated rings. The summed E-state index contributed by atoms with van der Waals surface area (Å²) in [5, 5.41) is 17.1. The van der Waals surface area contributed by atoms with Crippen molar-refractivity contribution < 1.29 is 23.5 Å². The molecule has 0 saturated heterocycles. The Kier molecular flexibility index (Phi) is 3.74. The first-order chi connectivity index (χ1) is 9.47. The Hall–Kier alpha value is -2.77. The van der Waals surface area contributed by atoms with Gasteiger partial charge in [0.25, 0.3) is 0 Å². The highest BCUT2D eigenvalue weighted by molar-refractivity contribution is 5.94.